The molecule has 0 unspecified atom stereocenters. The predicted molar refractivity (Wildman–Crippen MR) is 97.4 cm³/mol. The van der Waals surface area contributed by atoms with Crippen LogP contribution >= 0.6 is 11.3 Å². The van der Waals surface area contributed by atoms with Crippen molar-refractivity contribution < 1.29 is 4.74 Å². The second-order valence-electron chi connectivity index (χ2n) is 5.33. The van der Waals surface area contributed by atoms with Gasteiger partial charge in [0.05, 0.1) is 17.3 Å². The van der Waals surface area contributed by atoms with Crippen LogP contribution in [0.2, 0.25) is 0 Å². The topological polar surface area (TPSA) is 34.1 Å². The van der Waals surface area contributed by atoms with Gasteiger partial charge in [-0.15, -0.1) is 0 Å². The van der Waals surface area contributed by atoms with Crippen molar-refractivity contribution in [3.63, 3.8) is 0 Å². The average Bonchev–Trinajstić information content (AvgIpc) is 3.03. The van der Waals surface area contributed by atoms with E-state index in [-0.39, 0.29) is 0 Å². The number of benzene rings is 3. The number of ether oxygens (including phenoxy) is 1. The van der Waals surface area contributed by atoms with Gasteiger partial charge in [-0.1, -0.05) is 65.9 Å². The lowest BCUT2D eigenvalue weighted by Crippen LogP contribution is -1.98. The summed E-state index contributed by atoms with van der Waals surface area (Å²) in [6, 6.07) is 20.7. The highest BCUT2D eigenvalue weighted by atomic mass is 32.1. The summed E-state index contributed by atoms with van der Waals surface area (Å²) in [6.45, 7) is 0.774. The van der Waals surface area contributed by atoms with Crippen LogP contribution in [0.25, 0.3) is 21.0 Å². The maximum atomic E-state index is 5.53. The standard InChI is InChI=1S/C19H16N2OS/c1-22-16-11-17-18(15-10-6-5-9-14(15)16)21-19(23-17)20-12-13-7-3-2-4-8-13/h2-11H,12H2,1H3,(H,20,21). The molecule has 23 heavy (non-hydrogen) atoms. The SMILES string of the molecule is COc1cc2sc(NCc3ccccc3)nc2c2ccccc12. The zero-order chi connectivity index (χ0) is 15.6. The van der Waals surface area contributed by atoms with Gasteiger partial charge in [0.1, 0.15) is 5.75 Å². The van der Waals surface area contributed by atoms with Crippen LogP contribution in [0, 0.1) is 0 Å². The Labute approximate surface area is 138 Å². The summed E-state index contributed by atoms with van der Waals surface area (Å²) >= 11 is 1.66. The maximum absolute atomic E-state index is 5.53. The van der Waals surface area contributed by atoms with E-state index in [1.807, 2.05) is 30.3 Å². The minimum absolute atomic E-state index is 0.774. The molecule has 3 aromatic carbocycles. The van der Waals surface area contributed by atoms with Gasteiger partial charge < -0.3 is 10.1 Å². The van der Waals surface area contributed by atoms with Gasteiger partial charge in [0.2, 0.25) is 0 Å². The van der Waals surface area contributed by atoms with E-state index in [1.165, 1.54) is 5.56 Å². The van der Waals surface area contributed by atoms with Crippen molar-refractivity contribution in [1.29, 1.82) is 0 Å². The fraction of sp³-hybridized carbons (Fsp3) is 0.105. The minimum atomic E-state index is 0.774. The van der Waals surface area contributed by atoms with Gasteiger partial charge in [0, 0.05) is 23.4 Å². The first-order valence-electron chi connectivity index (χ1n) is 7.49. The Kier molecular flexibility index (Phi) is 3.60. The Hall–Kier alpha value is -2.59. The number of aromatic nitrogens is 1. The molecule has 0 saturated carbocycles. The zero-order valence-electron chi connectivity index (χ0n) is 12.7. The Morgan fingerprint density at radius 1 is 1.00 bits per heavy atom. The van der Waals surface area contributed by atoms with Gasteiger partial charge in [-0.25, -0.2) is 4.98 Å². The zero-order valence-corrected chi connectivity index (χ0v) is 13.6. The summed E-state index contributed by atoms with van der Waals surface area (Å²) in [5.41, 5.74) is 2.27. The van der Waals surface area contributed by atoms with Gasteiger partial charge in [-0.05, 0) is 5.56 Å². The summed E-state index contributed by atoms with van der Waals surface area (Å²) in [5.74, 6) is 0.895. The fourth-order valence-electron chi connectivity index (χ4n) is 2.74. The number of thiazole rings is 1. The molecule has 0 amide bonds. The monoisotopic (exact) mass is 320 g/mol. The molecule has 1 heterocycles. The normalized spacial score (nSPS) is 11.0. The van der Waals surface area contributed by atoms with Crippen LogP contribution in [0.3, 0.4) is 0 Å². The Bertz CT molecular complexity index is 963. The van der Waals surface area contributed by atoms with E-state index in [4.69, 9.17) is 9.72 Å². The van der Waals surface area contributed by atoms with Gasteiger partial charge in [-0.2, -0.15) is 0 Å². The van der Waals surface area contributed by atoms with E-state index in [1.54, 1.807) is 18.4 Å². The first-order chi connectivity index (χ1) is 11.3. The summed E-state index contributed by atoms with van der Waals surface area (Å²) in [7, 11) is 1.71. The third-order valence-electron chi connectivity index (χ3n) is 3.87. The lowest BCUT2D eigenvalue weighted by Gasteiger charge is -2.05. The number of fused-ring (bicyclic) bond motifs is 3. The van der Waals surface area contributed by atoms with Crippen molar-refractivity contribution in [3.05, 3.63) is 66.2 Å². The average molecular weight is 320 g/mol. The largest absolute Gasteiger partial charge is 0.496 e. The first-order valence-corrected chi connectivity index (χ1v) is 8.31. The fourth-order valence-corrected chi connectivity index (χ4v) is 3.65. The van der Waals surface area contributed by atoms with Crippen LogP contribution in [0.4, 0.5) is 5.13 Å². The van der Waals surface area contributed by atoms with Crippen molar-refractivity contribution >= 4 is 37.5 Å². The van der Waals surface area contributed by atoms with Gasteiger partial charge >= 0.3 is 0 Å². The highest BCUT2D eigenvalue weighted by Crippen LogP contribution is 2.37. The number of hydrogen-bond acceptors (Lipinski definition) is 4. The van der Waals surface area contributed by atoms with Crippen LogP contribution < -0.4 is 10.1 Å². The molecule has 1 aromatic heterocycles. The molecule has 4 aromatic rings. The van der Waals surface area contributed by atoms with E-state index < -0.39 is 0 Å². The summed E-state index contributed by atoms with van der Waals surface area (Å²) < 4.78 is 6.67. The predicted octanol–water partition coefficient (Wildman–Crippen LogP) is 5.07. The molecule has 3 nitrogen and oxygen atoms in total. The van der Waals surface area contributed by atoms with Crippen LogP contribution in [0.5, 0.6) is 5.75 Å². The van der Waals surface area contributed by atoms with Gasteiger partial charge in [0.15, 0.2) is 5.13 Å². The van der Waals surface area contributed by atoms with Crippen molar-refractivity contribution in [1.82, 2.24) is 4.98 Å². The highest BCUT2D eigenvalue weighted by molar-refractivity contribution is 7.22. The van der Waals surface area contributed by atoms with E-state index in [0.29, 0.717) is 0 Å². The third-order valence-corrected chi connectivity index (χ3v) is 4.83. The number of rotatable bonds is 4. The molecule has 0 aliphatic rings. The molecule has 4 rings (SSSR count). The minimum Gasteiger partial charge on any atom is -0.496 e. The van der Waals surface area contributed by atoms with E-state index >= 15 is 0 Å². The molecule has 114 valence electrons. The second kappa shape index (κ2) is 5.89. The Morgan fingerprint density at radius 3 is 2.52 bits per heavy atom. The van der Waals surface area contributed by atoms with Gasteiger partial charge in [-0.3, -0.25) is 0 Å². The number of nitrogens with one attached hydrogen (secondary N) is 1. The summed E-state index contributed by atoms with van der Waals surface area (Å²) in [5, 5.41) is 6.58. The second-order valence-corrected chi connectivity index (χ2v) is 6.36. The Morgan fingerprint density at radius 2 is 1.74 bits per heavy atom. The molecular formula is C19H16N2OS. The number of anilines is 1. The number of methoxy groups -OCH3 is 1. The quantitative estimate of drug-likeness (QED) is 0.570. The lowest BCUT2D eigenvalue weighted by molar-refractivity contribution is 0.420. The molecule has 0 radical (unpaired) electrons. The van der Waals surface area contributed by atoms with Crippen molar-refractivity contribution in [2.45, 2.75) is 6.54 Å². The molecule has 0 bridgehead atoms. The van der Waals surface area contributed by atoms with Crippen LogP contribution in [0.1, 0.15) is 5.56 Å². The number of nitrogens with zero attached hydrogens (tertiary/aromatic N) is 1. The maximum Gasteiger partial charge on any atom is 0.184 e. The molecular weight excluding hydrogens is 304 g/mol. The van der Waals surface area contributed by atoms with E-state index in [0.717, 1.165) is 38.4 Å². The van der Waals surface area contributed by atoms with Crippen molar-refractivity contribution in [2.75, 3.05) is 12.4 Å². The highest BCUT2D eigenvalue weighted by Gasteiger charge is 2.11. The lowest BCUT2D eigenvalue weighted by atomic mass is 10.1. The first kappa shape index (κ1) is 14.0. The molecule has 0 fully saturated rings. The van der Waals surface area contributed by atoms with E-state index in [9.17, 15) is 0 Å². The Balaban J connectivity index is 1.74. The van der Waals surface area contributed by atoms with Crippen LogP contribution in [-0.4, -0.2) is 12.1 Å². The summed E-state index contributed by atoms with van der Waals surface area (Å²) in [4.78, 5) is 4.78. The molecule has 0 atom stereocenters. The molecule has 0 spiro atoms. The van der Waals surface area contributed by atoms with Crippen LogP contribution in [0.15, 0.2) is 60.7 Å². The van der Waals surface area contributed by atoms with Crippen molar-refractivity contribution in [2.24, 2.45) is 0 Å². The molecule has 0 aliphatic heterocycles. The van der Waals surface area contributed by atoms with E-state index in [2.05, 4.69) is 35.6 Å². The smallest absolute Gasteiger partial charge is 0.184 e. The molecule has 4 heteroatoms. The van der Waals surface area contributed by atoms with Crippen molar-refractivity contribution in [3.8, 4) is 5.75 Å². The summed E-state index contributed by atoms with van der Waals surface area (Å²) in [6.07, 6.45) is 0. The van der Waals surface area contributed by atoms with Crippen LogP contribution in [-0.2, 0) is 6.54 Å². The van der Waals surface area contributed by atoms with Gasteiger partial charge in [0.25, 0.3) is 0 Å². The number of hydrogen-bond donors (Lipinski definition) is 1. The molecule has 0 saturated heterocycles. The molecule has 1 N–H and O–H groups in total. The molecule has 0 aliphatic carbocycles. The third kappa shape index (κ3) is 2.62.